The largest absolute Gasteiger partial charge is 0.465 e. The van der Waals surface area contributed by atoms with E-state index in [0.29, 0.717) is 19.4 Å². The third-order valence-electron chi connectivity index (χ3n) is 1.60. The summed E-state index contributed by atoms with van der Waals surface area (Å²) in [4.78, 5) is 11.1. The Labute approximate surface area is 78.5 Å². The van der Waals surface area contributed by atoms with Crippen molar-refractivity contribution in [1.82, 2.24) is 0 Å². The second-order valence-electron chi connectivity index (χ2n) is 2.74. The third kappa shape index (κ3) is 3.74. The molecule has 1 aromatic carbocycles. The van der Waals surface area contributed by atoms with E-state index in [0.717, 1.165) is 5.56 Å². The fourth-order valence-electron chi connectivity index (χ4n) is 1.000. The van der Waals surface area contributed by atoms with Gasteiger partial charge >= 0.3 is 5.97 Å². The zero-order valence-corrected chi connectivity index (χ0v) is 7.53. The number of hydrogen-bond acceptors (Lipinski definition) is 2. The third-order valence-corrected chi connectivity index (χ3v) is 1.60. The van der Waals surface area contributed by atoms with Gasteiger partial charge in [0.2, 0.25) is 0 Å². The van der Waals surface area contributed by atoms with Gasteiger partial charge in [0.05, 0.1) is 13.0 Å². The van der Waals surface area contributed by atoms with Crippen molar-refractivity contribution in [3.05, 3.63) is 42.8 Å². The molecular formula is C11H13O2. The summed E-state index contributed by atoms with van der Waals surface area (Å²) in [5.41, 5.74) is 0.983. The van der Waals surface area contributed by atoms with Crippen molar-refractivity contribution in [1.29, 1.82) is 0 Å². The molecule has 2 heteroatoms. The molecule has 0 aliphatic carbocycles. The molecule has 0 aliphatic heterocycles. The standard InChI is InChI=1S/C11H13O2/c1-2-8-13-11(12)9-10-6-4-3-5-7-10/h3-7H,1-2,8-9H2. The molecule has 1 radical (unpaired) electrons. The minimum Gasteiger partial charge on any atom is -0.465 e. The van der Waals surface area contributed by atoms with Crippen LogP contribution in [-0.2, 0) is 16.0 Å². The number of benzene rings is 1. The normalized spacial score (nSPS) is 9.62. The zero-order chi connectivity index (χ0) is 9.52. The lowest BCUT2D eigenvalue weighted by atomic mass is 10.2. The van der Waals surface area contributed by atoms with E-state index >= 15 is 0 Å². The highest BCUT2D eigenvalue weighted by molar-refractivity contribution is 5.72. The summed E-state index contributed by atoms with van der Waals surface area (Å²) in [7, 11) is 0. The van der Waals surface area contributed by atoms with Crippen molar-refractivity contribution in [2.45, 2.75) is 12.8 Å². The van der Waals surface area contributed by atoms with Gasteiger partial charge in [-0.1, -0.05) is 30.3 Å². The highest BCUT2D eigenvalue weighted by Crippen LogP contribution is 2.00. The lowest BCUT2D eigenvalue weighted by Crippen LogP contribution is -2.08. The van der Waals surface area contributed by atoms with Gasteiger partial charge in [0.25, 0.3) is 0 Å². The molecule has 13 heavy (non-hydrogen) atoms. The molecule has 0 aromatic heterocycles. The van der Waals surface area contributed by atoms with E-state index in [1.165, 1.54) is 0 Å². The van der Waals surface area contributed by atoms with E-state index in [1.807, 2.05) is 30.3 Å². The first-order chi connectivity index (χ1) is 6.33. The fourth-order valence-corrected chi connectivity index (χ4v) is 1.000. The molecule has 0 saturated heterocycles. The number of rotatable bonds is 4. The molecule has 1 rings (SSSR count). The molecule has 1 aromatic rings. The van der Waals surface area contributed by atoms with Gasteiger partial charge in [0, 0.05) is 0 Å². The van der Waals surface area contributed by atoms with Gasteiger partial charge in [-0.3, -0.25) is 4.79 Å². The maximum Gasteiger partial charge on any atom is 0.310 e. The minimum absolute atomic E-state index is 0.185. The van der Waals surface area contributed by atoms with Crippen LogP contribution in [0.25, 0.3) is 0 Å². The highest BCUT2D eigenvalue weighted by Gasteiger charge is 2.02. The van der Waals surface area contributed by atoms with Crippen LogP contribution in [0.1, 0.15) is 12.0 Å². The molecule has 0 spiro atoms. The van der Waals surface area contributed by atoms with Crippen LogP contribution >= 0.6 is 0 Å². The average Bonchev–Trinajstić information content (AvgIpc) is 2.16. The zero-order valence-electron chi connectivity index (χ0n) is 7.53. The van der Waals surface area contributed by atoms with Gasteiger partial charge in [-0.2, -0.15) is 0 Å². The van der Waals surface area contributed by atoms with E-state index in [4.69, 9.17) is 4.74 Å². The molecule has 0 heterocycles. The number of carbonyl (C=O) groups is 1. The van der Waals surface area contributed by atoms with Gasteiger partial charge in [-0.05, 0) is 18.9 Å². The van der Waals surface area contributed by atoms with Crippen molar-refractivity contribution in [2.24, 2.45) is 0 Å². The molecule has 0 N–H and O–H groups in total. The lowest BCUT2D eigenvalue weighted by molar-refractivity contribution is -0.142. The second kappa shape index (κ2) is 5.36. The number of esters is 1. The Hall–Kier alpha value is -1.31. The van der Waals surface area contributed by atoms with Crippen LogP contribution in [-0.4, -0.2) is 12.6 Å². The molecule has 0 fully saturated rings. The van der Waals surface area contributed by atoms with Gasteiger partial charge in [-0.25, -0.2) is 0 Å². The maximum atomic E-state index is 11.1. The van der Waals surface area contributed by atoms with Crippen LogP contribution in [0.4, 0.5) is 0 Å². The van der Waals surface area contributed by atoms with Crippen LogP contribution in [0.5, 0.6) is 0 Å². The van der Waals surface area contributed by atoms with Gasteiger partial charge < -0.3 is 4.74 Å². The predicted molar refractivity (Wildman–Crippen MR) is 51.1 cm³/mol. The van der Waals surface area contributed by atoms with Crippen LogP contribution in [0.3, 0.4) is 0 Å². The summed E-state index contributed by atoms with van der Waals surface area (Å²) >= 11 is 0. The number of hydrogen-bond donors (Lipinski definition) is 0. The van der Waals surface area contributed by atoms with Crippen molar-refractivity contribution in [2.75, 3.05) is 6.61 Å². The first-order valence-corrected chi connectivity index (χ1v) is 4.31. The van der Waals surface area contributed by atoms with E-state index < -0.39 is 0 Å². The maximum absolute atomic E-state index is 11.1. The monoisotopic (exact) mass is 177 g/mol. The van der Waals surface area contributed by atoms with Crippen molar-refractivity contribution < 1.29 is 9.53 Å². The minimum atomic E-state index is -0.185. The quantitative estimate of drug-likeness (QED) is 0.657. The Kier molecular flexibility index (Phi) is 4.03. The van der Waals surface area contributed by atoms with Crippen molar-refractivity contribution >= 4 is 5.97 Å². The Morgan fingerprint density at radius 1 is 1.31 bits per heavy atom. The summed E-state index contributed by atoms with van der Waals surface area (Å²) in [6, 6.07) is 9.55. The molecule has 0 aliphatic rings. The Morgan fingerprint density at radius 3 is 2.62 bits per heavy atom. The van der Waals surface area contributed by atoms with Gasteiger partial charge in [0.15, 0.2) is 0 Å². The molecule has 0 atom stereocenters. The van der Waals surface area contributed by atoms with Crippen LogP contribution in [0.2, 0.25) is 0 Å². The molecule has 0 saturated carbocycles. The first-order valence-electron chi connectivity index (χ1n) is 4.31. The smallest absolute Gasteiger partial charge is 0.310 e. The molecular weight excluding hydrogens is 164 g/mol. The van der Waals surface area contributed by atoms with Crippen LogP contribution in [0, 0.1) is 6.92 Å². The highest BCUT2D eigenvalue weighted by atomic mass is 16.5. The Morgan fingerprint density at radius 2 is 2.00 bits per heavy atom. The average molecular weight is 177 g/mol. The Bertz CT molecular complexity index is 254. The first kappa shape index (κ1) is 9.78. The summed E-state index contributed by atoms with van der Waals surface area (Å²) in [5.74, 6) is -0.185. The summed E-state index contributed by atoms with van der Waals surface area (Å²) in [6.45, 7) is 4.00. The van der Waals surface area contributed by atoms with Gasteiger partial charge in [-0.15, -0.1) is 0 Å². The van der Waals surface area contributed by atoms with Gasteiger partial charge in [0.1, 0.15) is 0 Å². The number of carbonyl (C=O) groups excluding carboxylic acids is 1. The van der Waals surface area contributed by atoms with E-state index in [-0.39, 0.29) is 5.97 Å². The second-order valence-corrected chi connectivity index (χ2v) is 2.74. The van der Waals surface area contributed by atoms with E-state index in [2.05, 4.69) is 6.92 Å². The van der Waals surface area contributed by atoms with Crippen LogP contribution < -0.4 is 0 Å². The molecule has 0 unspecified atom stereocenters. The van der Waals surface area contributed by atoms with E-state index in [9.17, 15) is 4.79 Å². The van der Waals surface area contributed by atoms with Crippen LogP contribution in [0.15, 0.2) is 30.3 Å². The Balaban J connectivity index is 2.37. The van der Waals surface area contributed by atoms with Crippen molar-refractivity contribution in [3.63, 3.8) is 0 Å². The van der Waals surface area contributed by atoms with Crippen molar-refractivity contribution in [3.8, 4) is 0 Å². The molecule has 0 bridgehead atoms. The summed E-state index contributed by atoms with van der Waals surface area (Å²) < 4.78 is 4.89. The molecule has 2 nitrogen and oxygen atoms in total. The van der Waals surface area contributed by atoms with E-state index in [1.54, 1.807) is 0 Å². The predicted octanol–water partition coefficient (Wildman–Crippen LogP) is 2.00. The summed E-state index contributed by atoms with van der Waals surface area (Å²) in [5, 5.41) is 0. The molecule has 69 valence electrons. The number of ether oxygens (including phenoxy) is 1. The summed E-state index contributed by atoms with van der Waals surface area (Å²) in [6.07, 6.45) is 0.974. The SMILES string of the molecule is [CH2]CCOC(=O)Cc1ccccc1. The fraction of sp³-hybridized carbons (Fsp3) is 0.273. The topological polar surface area (TPSA) is 26.3 Å². The molecule has 0 amide bonds. The lowest BCUT2D eigenvalue weighted by Gasteiger charge is -2.02.